The van der Waals surface area contributed by atoms with E-state index in [2.05, 4.69) is 18.9 Å². The molecule has 0 aliphatic heterocycles. The summed E-state index contributed by atoms with van der Waals surface area (Å²) in [4.78, 5) is 0. The van der Waals surface area contributed by atoms with Crippen molar-refractivity contribution < 1.29 is 0 Å². The molecule has 10 heavy (non-hydrogen) atoms. The van der Waals surface area contributed by atoms with Crippen molar-refractivity contribution in [2.75, 3.05) is 0 Å². The van der Waals surface area contributed by atoms with Crippen LogP contribution in [0.2, 0.25) is 0 Å². The molecule has 2 nitrogen and oxygen atoms in total. The Morgan fingerprint density at radius 3 is 2.20 bits per heavy atom. The fraction of sp³-hybridized carbons (Fsp3) is 0.625. The lowest BCUT2D eigenvalue weighted by Gasteiger charge is -2.17. The second-order valence-electron chi connectivity index (χ2n) is 2.33. The van der Waals surface area contributed by atoms with Crippen molar-refractivity contribution in [3.05, 3.63) is 12.3 Å². The van der Waals surface area contributed by atoms with E-state index < -0.39 is 0 Å². The first kappa shape index (κ1) is 9.21. The molecule has 0 aliphatic carbocycles. The van der Waals surface area contributed by atoms with Gasteiger partial charge in [-0.3, -0.25) is 5.01 Å². The van der Waals surface area contributed by atoms with Crippen LogP contribution in [0.15, 0.2) is 17.4 Å². The second kappa shape index (κ2) is 5.03. The summed E-state index contributed by atoms with van der Waals surface area (Å²) in [5, 5.41) is 6.05. The molecule has 0 aromatic heterocycles. The van der Waals surface area contributed by atoms with E-state index in [1.54, 1.807) is 6.21 Å². The van der Waals surface area contributed by atoms with Gasteiger partial charge >= 0.3 is 0 Å². The van der Waals surface area contributed by atoms with Crippen molar-refractivity contribution in [2.45, 2.75) is 33.7 Å². The molecule has 0 aromatic rings. The Morgan fingerprint density at radius 2 is 1.90 bits per heavy atom. The lowest BCUT2D eigenvalue weighted by Crippen LogP contribution is -2.18. The third-order valence-corrected chi connectivity index (χ3v) is 1.08. The summed E-state index contributed by atoms with van der Waals surface area (Å²) in [6.07, 6.45) is 5.73. The number of hydrazone groups is 1. The molecular formula is C8H16N2. The summed E-state index contributed by atoms with van der Waals surface area (Å²) >= 11 is 0. The minimum absolute atomic E-state index is 0.437. The lowest BCUT2D eigenvalue weighted by molar-refractivity contribution is 0.329. The molecule has 0 aromatic carbocycles. The van der Waals surface area contributed by atoms with E-state index in [1.807, 2.05) is 31.1 Å². The van der Waals surface area contributed by atoms with Gasteiger partial charge in [0, 0.05) is 18.5 Å². The van der Waals surface area contributed by atoms with Crippen molar-refractivity contribution in [3.63, 3.8) is 0 Å². The van der Waals surface area contributed by atoms with Crippen LogP contribution in [0, 0.1) is 0 Å². The maximum atomic E-state index is 4.13. The third kappa shape index (κ3) is 3.28. The van der Waals surface area contributed by atoms with E-state index in [0.717, 1.165) is 0 Å². The summed E-state index contributed by atoms with van der Waals surface area (Å²) in [6.45, 7) is 8.11. The van der Waals surface area contributed by atoms with Gasteiger partial charge in [0.15, 0.2) is 0 Å². The molecule has 0 saturated heterocycles. The largest absolute Gasteiger partial charge is 0.271 e. The number of nitrogens with zero attached hydrogens (tertiary/aromatic N) is 2. The fourth-order valence-electron chi connectivity index (χ4n) is 0.630. The first-order chi connectivity index (χ1) is 4.72. The van der Waals surface area contributed by atoms with Gasteiger partial charge in [-0.05, 0) is 27.7 Å². The lowest BCUT2D eigenvalue weighted by atomic mass is 10.4. The molecule has 2 heteroatoms. The SMILES string of the molecule is C/C=C\N(/N=C\C)C(C)C. The van der Waals surface area contributed by atoms with Crippen LogP contribution < -0.4 is 0 Å². The van der Waals surface area contributed by atoms with Crippen molar-refractivity contribution >= 4 is 6.21 Å². The molecule has 0 amide bonds. The maximum absolute atomic E-state index is 4.13. The second-order valence-corrected chi connectivity index (χ2v) is 2.33. The quantitative estimate of drug-likeness (QED) is 0.433. The van der Waals surface area contributed by atoms with Gasteiger partial charge in [-0.2, -0.15) is 5.10 Å². The van der Waals surface area contributed by atoms with E-state index in [9.17, 15) is 0 Å². The van der Waals surface area contributed by atoms with Gasteiger partial charge < -0.3 is 0 Å². The topological polar surface area (TPSA) is 15.6 Å². The Morgan fingerprint density at radius 1 is 1.30 bits per heavy atom. The van der Waals surface area contributed by atoms with Gasteiger partial charge in [-0.1, -0.05) is 6.08 Å². The van der Waals surface area contributed by atoms with Crippen LogP contribution in [0.3, 0.4) is 0 Å². The van der Waals surface area contributed by atoms with Gasteiger partial charge in [0.25, 0.3) is 0 Å². The molecule has 0 saturated carbocycles. The summed E-state index contributed by atoms with van der Waals surface area (Å²) in [5.41, 5.74) is 0. The molecule has 0 aliphatic rings. The Kier molecular flexibility index (Phi) is 4.63. The number of hydrogen-bond acceptors (Lipinski definition) is 2. The standard InChI is InChI=1S/C8H16N2/c1-5-7-10(8(3)4)9-6-2/h5-8H,1-4H3/b7-5-,9-6-. The summed E-state index contributed by atoms with van der Waals surface area (Å²) in [5.74, 6) is 0. The molecule has 0 atom stereocenters. The van der Waals surface area contributed by atoms with Crippen LogP contribution in [0.1, 0.15) is 27.7 Å². The van der Waals surface area contributed by atoms with Gasteiger partial charge in [-0.15, -0.1) is 0 Å². The Bertz CT molecular complexity index is 113. The Balaban J connectivity index is 3.98. The van der Waals surface area contributed by atoms with Crippen LogP contribution >= 0.6 is 0 Å². The minimum Gasteiger partial charge on any atom is -0.271 e. The average Bonchev–Trinajstić information content (AvgIpc) is 1.87. The fourth-order valence-corrected chi connectivity index (χ4v) is 0.630. The third-order valence-electron chi connectivity index (χ3n) is 1.08. The van der Waals surface area contributed by atoms with E-state index in [4.69, 9.17) is 0 Å². The van der Waals surface area contributed by atoms with E-state index >= 15 is 0 Å². The highest BCUT2D eigenvalue weighted by atomic mass is 15.4. The highest BCUT2D eigenvalue weighted by molar-refractivity contribution is 5.52. The molecule has 0 unspecified atom stereocenters. The predicted molar refractivity (Wildman–Crippen MR) is 46.0 cm³/mol. The minimum atomic E-state index is 0.437. The zero-order valence-corrected chi connectivity index (χ0v) is 7.20. The van der Waals surface area contributed by atoms with E-state index in [-0.39, 0.29) is 0 Å². The first-order valence-corrected chi connectivity index (χ1v) is 3.62. The van der Waals surface area contributed by atoms with Crippen molar-refractivity contribution in [3.8, 4) is 0 Å². The van der Waals surface area contributed by atoms with Crippen LogP contribution in [0.4, 0.5) is 0 Å². The zero-order chi connectivity index (χ0) is 7.98. The van der Waals surface area contributed by atoms with Crippen molar-refractivity contribution in [1.29, 1.82) is 0 Å². The van der Waals surface area contributed by atoms with Crippen LogP contribution in [-0.2, 0) is 0 Å². The number of rotatable bonds is 3. The van der Waals surface area contributed by atoms with E-state index in [1.165, 1.54) is 0 Å². The molecule has 0 rings (SSSR count). The number of allylic oxidation sites excluding steroid dienone is 1. The van der Waals surface area contributed by atoms with Gasteiger partial charge in [-0.25, -0.2) is 0 Å². The Labute approximate surface area is 63.2 Å². The highest BCUT2D eigenvalue weighted by Gasteiger charge is 1.97. The predicted octanol–water partition coefficient (Wildman–Crippen LogP) is 2.24. The van der Waals surface area contributed by atoms with Gasteiger partial charge in [0.05, 0.1) is 0 Å². The van der Waals surface area contributed by atoms with Crippen molar-refractivity contribution in [2.24, 2.45) is 5.10 Å². The maximum Gasteiger partial charge on any atom is 0.0462 e. The molecule has 58 valence electrons. The molecule has 0 bridgehead atoms. The molecule has 0 radical (unpaired) electrons. The summed E-state index contributed by atoms with van der Waals surface area (Å²) in [7, 11) is 0. The van der Waals surface area contributed by atoms with Crippen molar-refractivity contribution in [1.82, 2.24) is 5.01 Å². The van der Waals surface area contributed by atoms with Gasteiger partial charge in [0.2, 0.25) is 0 Å². The smallest absolute Gasteiger partial charge is 0.0462 e. The molecular weight excluding hydrogens is 124 g/mol. The van der Waals surface area contributed by atoms with Crippen LogP contribution in [0.5, 0.6) is 0 Å². The Hall–Kier alpha value is -0.790. The number of hydrogen-bond donors (Lipinski definition) is 0. The first-order valence-electron chi connectivity index (χ1n) is 3.62. The normalized spacial score (nSPS) is 12.1. The molecule has 0 N–H and O–H groups in total. The highest BCUT2D eigenvalue weighted by Crippen LogP contribution is 1.98. The molecule has 0 fully saturated rings. The average molecular weight is 140 g/mol. The molecule has 0 heterocycles. The summed E-state index contributed by atoms with van der Waals surface area (Å²) in [6, 6.07) is 0.437. The zero-order valence-electron chi connectivity index (χ0n) is 7.20. The van der Waals surface area contributed by atoms with Gasteiger partial charge in [0.1, 0.15) is 0 Å². The monoisotopic (exact) mass is 140 g/mol. The van der Waals surface area contributed by atoms with E-state index in [0.29, 0.717) is 6.04 Å². The van der Waals surface area contributed by atoms with Crippen LogP contribution in [-0.4, -0.2) is 17.3 Å². The molecule has 0 spiro atoms. The van der Waals surface area contributed by atoms with Crippen LogP contribution in [0.25, 0.3) is 0 Å². The summed E-state index contributed by atoms with van der Waals surface area (Å²) < 4.78 is 0.